The molecule has 1 atom stereocenters. The predicted octanol–water partition coefficient (Wildman–Crippen LogP) is 1.87. The number of carbonyl (C=O) groups is 1. The lowest BCUT2D eigenvalue weighted by Gasteiger charge is -2.10. The zero-order valence-electron chi connectivity index (χ0n) is 12.8. The third-order valence-corrected chi connectivity index (χ3v) is 5.52. The Morgan fingerprint density at radius 3 is 2.88 bits per heavy atom. The number of halogens is 1. The van der Waals surface area contributed by atoms with Crippen molar-refractivity contribution in [3.63, 3.8) is 0 Å². The molecule has 0 saturated carbocycles. The van der Waals surface area contributed by atoms with E-state index in [4.69, 9.17) is 9.26 Å². The van der Waals surface area contributed by atoms with E-state index in [-0.39, 0.29) is 34.7 Å². The molecule has 0 amide bonds. The van der Waals surface area contributed by atoms with Crippen molar-refractivity contribution in [2.24, 2.45) is 0 Å². The van der Waals surface area contributed by atoms with Crippen molar-refractivity contribution in [2.75, 3.05) is 23.9 Å². The molecule has 1 aliphatic heterocycles. The monoisotopic (exact) mass is 354 g/mol. The Bertz CT molecular complexity index is 878. The van der Waals surface area contributed by atoms with Crippen molar-refractivity contribution in [3.8, 4) is 11.3 Å². The minimum atomic E-state index is -3.10. The third kappa shape index (κ3) is 3.25. The highest BCUT2D eigenvalue weighted by atomic mass is 32.2. The van der Waals surface area contributed by atoms with Gasteiger partial charge in [-0.05, 0) is 18.6 Å². The summed E-state index contributed by atoms with van der Waals surface area (Å²) in [7, 11) is -1.89. The largest absolute Gasteiger partial charge is 0.465 e. The van der Waals surface area contributed by atoms with E-state index in [1.165, 1.54) is 25.3 Å². The molecule has 0 spiro atoms. The fourth-order valence-corrected chi connectivity index (χ4v) is 4.28. The Morgan fingerprint density at radius 1 is 1.46 bits per heavy atom. The first-order chi connectivity index (χ1) is 11.4. The summed E-state index contributed by atoms with van der Waals surface area (Å²) in [4.78, 5) is 12.1. The minimum Gasteiger partial charge on any atom is -0.465 e. The highest BCUT2D eigenvalue weighted by Gasteiger charge is 2.32. The Labute approximate surface area is 137 Å². The predicted molar refractivity (Wildman–Crippen MR) is 83.9 cm³/mol. The van der Waals surface area contributed by atoms with Gasteiger partial charge >= 0.3 is 5.97 Å². The molecule has 1 unspecified atom stereocenters. The van der Waals surface area contributed by atoms with Crippen molar-refractivity contribution in [3.05, 3.63) is 35.6 Å². The Hall–Kier alpha value is -2.42. The standard InChI is InChI=1S/C15H15FN2O5S/c1-22-15(19)12-13(9-3-2-4-10(16)7-9)18-23-14(12)17-11-5-6-24(20,21)8-11/h2-4,7,11,17H,5-6,8H2,1H3. The van der Waals surface area contributed by atoms with Crippen molar-refractivity contribution >= 4 is 21.7 Å². The molecule has 1 N–H and O–H groups in total. The van der Waals surface area contributed by atoms with Gasteiger partial charge in [-0.3, -0.25) is 0 Å². The van der Waals surface area contributed by atoms with Crippen molar-refractivity contribution in [1.82, 2.24) is 5.16 Å². The minimum absolute atomic E-state index is 0.00685. The number of nitrogens with zero attached hydrogens (tertiary/aromatic N) is 1. The number of methoxy groups -OCH3 is 1. The fourth-order valence-electron chi connectivity index (χ4n) is 2.61. The number of hydrogen-bond acceptors (Lipinski definition) is 7. The van der Waals surface area contributed by atoms with E-state index in [9.17, 15) is 17.6 Å². The number of esters is 1. The van der Waals surface area contributed by atoms with Crippen LogP contribution in [0.4, 0.5) is 10.3 Å². The lowest BCUT2D eigenvalue weighted by molar-refractivity contribution is 0.0602. The maximum Gasteiger partial charge on any atom is 0.345 e. The first-order valence-electron chi connectivity index (χ1n) is 7.20. The maximum atomic E-state index is 13.4. The lowest BCUT2D eigenvalue weighted by Crippen LogP contribution is -2.21. The number of benzene rings is 1. The van der Waals surface area contributed by atoms with Crippen LogP contribution in [-0.2, 0) is 14.6 Å². The second-order valence-electron chi connectivity index (χ2n) is 5.48. The van der Waals surface area contributed by atoms with Gasteiger partial charge in [-0.15, -0.1) is 0 Å². The van der Waals surface area contributed by atoms with E-state index in [0.717, 1.165) is 0 Å². The van der Waals surface area contributed by atoms with Gasteiger partial charge in [-0.1, -0.05) is 17.3 Å². The number of anilines is 1. The first-order valence-corrected chi connectivity index (χ1v) is 9.02. The van der Waals surface area contributed by atoms with Crippen LogP contribution < -0.4 is 5.32 Å². The summed E-state index contributed by atoms with van der Waals surface area (Å²) in [6.07, 6.45) is 0.402. The van der Waals surface area contributed by atoms with Gasteiger partial charge in [-0.2, -0.15) is 0 Å². The highest BCUT2D eigenvalue weighted by molar-refractivity contribution is 7.91. The SMILES string of the molecule is COC(=O)c1c(-c2cccc(F)c2)noc1NC1CCS(=O)(=O)C1. The number of hydrogen-bond donors (Lipinski definition) is 1. The molecule has 3 rings (SSSR count). The number of rotatable bonds is 4. The zero-order valence-corrected chi connectivity index (χ0v) is 13.6. The summed E-state index contributed by atoms with van der Waals surface area (Å²) in [5.41, 5.74) is 0.489. The quantitative estimate of drug-likeness (QED) is 0.837. The summed E-state index contributed by atoms with van der Waals surface area (Å²) >= 11 is 0. The number of carbonyl (C=O) groups excluding carboxylic acids is 1. The Morgan fingerprint density at radius 2 is 2.25 bits per heavy atom. The molecular formula is C15H15FN2O5S. The summed E-state index contributed by atoms with van der Waals surface area (Å²) in [5, 5.41) is 6.70. The molecule has 24 heavy (non-hydrogen) atoms. The van der Waals surface area contributed by atoms with Crippen LogP contribution in [0.2, 0.25) is 0 Å². The van der Waals surface area contributed by atoms with E-state index < -0.39 is 21.6 Å². The Balaban J connectivity index is 1.97. The van der Waals surface area contributed by atoms with Crippen LogP contribution in [0.3, 0.4) is 0 Å². The van der Waals surface area contributed by atoms with E-state index in [0.29, 0.717) is 12.0 Å². The lowest BCUT2D eigenvalue weighted by atomic mass is 10.1. The van der Waals surface area contributed by atoms with Gasteiger partial charge in [0.2, 0.25) is 5.88 Å². The zero-order chi connectivity index (χ0) is 17.3. The van der Waals surface area contributed by atoms with E-state index in [2.05, 4.69) is 10.5 Å². The van der Waals surface area contributed by atoms with E-state index in [1.807, 2.05) is 0 Å². The van der Waals surface area contributed by atoms with E-state index >= 15 is 0 Å². The van der Waals surface area contributed by atoms with Crippen molar-refractivity contribution in [2.45, 2.75) is 12.5 Å². The molecule has 128 valence electrons. The normalized spacial score (nSPS) is 19.2. The molecule has 0 aliphatic carbocycles. The average Bonchev–Trinajstić information content (AvgIpc) is 3.10. The van der Waals surface area contributed by atoms with Crippen LogP contribution in [0, 0.1) is 5.82 Å². The molecule has 0 bridgehead atoms. The van der Waals surface area contributed by atoms with Gasteiger partial charge in [0.1, 0.15) is 11.5 Å². The van der Waals surface area contributed by atoms with Gasteiger partial charge in [0, 0.05) is 11.6 Å². The van der Waals surface area contributed by atoms with Gasteiger partial charge in [0.25, 0.3) is 0 Å². The van der Waals surface area contributed by atoms with Gasteiger partial charge in [0.15, 0.2) is 15.4 Å². The fraction of sp³-hybridized carbons (Fsp3) is 0.333. The van der Waals surface area contributed by atoms with Crippen LogP contribution in [0.25, 0.3) is 11.3 Å². The maximum absolute atomic E-state index is 13.4. The van der Waals surface area contributed by atoms with Crippen LogP contribution >= 0.6 is 0 Å². The van der Waals surface area contributed by atoms with Gasteiger partial charge in [0.05, 0.1) is 18.6 Å². The van der Waals surface area contributed by atoms with Crippen molar-refractivity contribution in [1.29, 1.82) is 0 Å². The van der Waals surface area contributed by atoms with Crippen molar-refractivity contribution < 1.29 is 26.9 Å². The molecule has 7 nitrogen and oxygen atoms in total. The Kier molecular flexibility index (Phi) is 4.27. The van der Waals surface area contributed by atoms with Crippen LogP contribution in [0.5, 0.6) is 0 Å². The number of aromatic nitrogens is 1. The molecule has 2 aromatic rings. The van der Waals surface area contributed by atoms with Crippen LogP contribution in [0.15, 0.2) is 28.8 Å². The molecular weight excluding hydrogens is 339 g/mol. The molecule has 1 aliphatic rings. The topological polar surface area (TPSA) is 98.5 Å². The highest BCUT2D eigenvalue weighted by Crippen LogP contribution is 2.31. The molecule has 1 aromatic carbocycles. The molecule has 1 fully saturated rings. The number of sulfone groups is 1. The number of ether oxygens (including phenoxy) is 1. The molecule has 9 heteroatoms. The first kappa shape index (κ1) is 16.4. The molecule has 0 radical (unpaired) electrons. The second-order valence-corrected chi connectivity index (χ2v) is 7.71. The second kappa shape index (κ2) is 6.23. The van der Waals surface area contributed by atoms with Crippen LogP contribution in [-0.4, -0.2) is 44.2 Å². The van der Waals surface area contributed by atoms with E-state index in [1.54, 1.807) is 6.07 Å². The van der Waals surface area contributed by atoms with Gasteiger partial charge in [-0.25, -0.2) is 17.6 Å². The summed E-state index contributed by atoms with van der Waals surface area (Å²) in [5.74, 6) is -1.16. The third-order valence-electron chi connectivity index (χ3n) is 3.75. The van der Waals surface area contributed by atoms with Gasteiger partial charge < -0.3 is 14.6 Å². The summed E-state index contributed by atoms with van der Waals surface area (Å²) < 4.78 is 46.4. The number of nitrogens with one attached hydrogen (secondary N) is 1. The summed E-state index contributed by atoms with van der Waals surface area (Å²) in [6.45, 7) is 0. The average molecular weight is 354 g/mol. The summed E-state index contributed by atoms with van der Waals surface area (Å²) in [6, 6.07) is 5.17. The molecule has 1 saturated heterocycles. The molecule has 2 heterocycles. The molecule has 1 aromatic heterocycles. The smallest absolute Gasteiger partial charge is 0.345 e. The van der Waals surface area contributed by atoms with Crippen LogP contribution in [0.1, 0.15) is 16.8 Å².